The Bertz CT molecular complexity index is 212. The molecule has 0 aromatic rings. The summed E-state index contributed by atoms with van der Waals surface area (Å²) in [4.78, 5) is 2.52. The van der Waals surface area contributed by atoms with Crippen LogP contribution in [0.2, 0.25) is 0 Å². The average molecular weight is 228 g/mol. The molecule has 16 heavy (non-hydrogen) atoms. The topological polar surface area (TPSA) is 73.9 Å². The number of nitrogens with zero attached hydrogens (tertiary/aromatic N) is 2. The van der Waals surface area contributed by atoms with Crippen LogP contribution in [0.3, 0.4) is 0 Å². The first-order valence-electron chi connectivity index (χ1n) is 6.18. The Morgan fingerprint density at radius 2 is 2.19 bits per heavy atom. The molecular weight excluding hydrogens is 204 g/mol. The van der Waals surface area contributed by atoms with Gasteiger partial charge in [0.25, 0.3) is 0 Å². The van der Waals surface area contributed by atoms with Gasteiger partial charge in [-0.3, -0.25) is 0 Å². The molecule has 0 aromatic carbocycles. The summed E-state index contributed by atoms with van der Waals surface area (Å²) in [5, 5.41) is 14.8. The fourth-order valence-electron chi connectivity index (χ4n) is 2.13. The molecule has 0 amide bonds. The maximum Gasteiger partial charge on any atom is 0.140 e. The molecule has 1 fully saturated rings. The van der Waals surface area contributed by atoms with E-state index in [1.165, 1.54) is 38.9 Å². The zero-order valence-electron chi connectivity index (χ0n) is 10.2. The second-order valence-corrected chi connectivity index (χ2v) is 4.41. The summed E-state index contributed by atoms with van der Waals surface area (Å²) in [7, 11) is 0. The van der Waals surface area contributed by atoms with Gasteiger partial charge in [0.15, 0.2) is 0 Å². The molecule has 1 rings (SSSR count). The number of hydrogen-bond donors (Lipinski definition) is 3. The molecule has 1 aliphatic rings. The number of oxime groups is 1. The molecule has 0 unspecified atom stereocenters. The smallest absolute Gasteiger partial charge is 0.140 e. The lowest BCUT2D eigenvalue weighted by atomic mass is 10.0. The SMILES string of the molecule is CCCN1CCC(NCCC(N)=NO)CC1. The molecule has 0 bridgehead atoms. The molecule has 0 aliphatic carbocycles. The Hall–Kier alpha value is -0.810. The molecule has 0 radical (unpaired) electrons. The van der Waals surface area contributed by atoms with Crippen LogP contribution in [0.5, 0.6) is 0 Å². The molecular formula is C11H24N4O. The van der Waals surface area contributed by atoms with Crippen LogP contribution in [-0.4, -0.2) is 48.2 Å². The lowest BCUT2D eigenvalue weighted by molar-refractivity contribution is 0.199. The molecule has 0 atom stereocenters. The van der Waals surface area contributed by atoms with Crippen molar-refractivity contribution in [3.05, 3.63) is 0 Å². The van der Waals surface area contributed by atoms with E-state index in [0.717, 1.165) is 6.54 Å². The first kappa shape index (κ1) is 13.3. The predicted molar refractivity (Wildman–Crippen MR) is 65.8 cm³/mol. The number of nitrogens with two attached hydrogens (primary N) is 1. The van der Waals surface area contributed by atoms with Crippen LogP contribution >= 0.6 is 0 Å². The van der Waals surface area contributed by atoms with Gasteiger partial charge in [-0.2, -0.15) is 0 Å². The Morgan fingerprint density at radius 3 is 2.75 bits per heavy atom. The van der Waals surface area contributed by atoms with Gasteiger partial charge in [0.2, 0.25) is 0 Å². The zero-order valence-corrected chi connectivity index (χ0v) is 10.2. The van der Waals surface area contributed by atoms with E-state index in [2.05, 4.69) is 22.3 Å². The quantitative estimate of drug-likeness (QED) is 0.269. The van der Waals surface area contributed by atoms with Crippen LogP contribution in [0.25, 0.3) is 0 Å². The van der Waals surface area contributed by atoms with Crippen molar-refractivity contribution in [3.63, 3.8) is 0 Å². The Kier molecular flexibility index (Phi) is 6.18. The van der Waals surface area contributed by atoms with E-state index in [1.807, 2.05) is 0 Å². The number of hydrogen-bond acceptors (Lipinski definition) is 4. The van der Waals surface area contributed by atoms with Gasteiger partial charge in [-0.05, 0) is 38.9 Å². The van der Waals surface area contributed by atoms with Crippen molar-refractivity contribution in [2.45, 2.75) is 38.6 Å². The first-order valence-corrected chi connectivity index (χ1v) is 6.18. The van der Waals surface area contributed by atoms with Gasteiger partial charge >= 0.3 is 0 Å². The van der Waals surface area contributed by atoms with Crippen LogP contribution in [0.4, 0.5) is 0 Å². The molecule has 1 aliphatic heterocycles. The fraction of sp³-hybridized carbons (Fsp3) is 0.909. The van der Waals surface area contributed by atoms with Crippen LogP contribution in [-0.2, 0) is 0 Å². The second kappa shape index (κ2) is 7.46. The van der Waals surface area contributed by atoms with E-state index in [9.17, 15) is 0 Å². The number of piperidine rings is 1. The van der Waals surface area contributed by atoms with Gasteiger partial charge in [0.1, 0.15) is 5.84 Å². The van der Waals surface area contributed by atoms with Gasteiger partial charge in [-0.1, -0.05) is 12.1 Å². The molecule has 94 valence electrons. The van der Waals surface area contributed by atoms with Crippen molar-refractivity contribution in [1.29, 1.82) is 0 Å². The van der Waals surface area contributed by atoms with Crippen molar-refractivity contribution in [2.24, 2.45) is 10.9 Å². The molecule has 0 spiro atoms. The minimum absolute atomic E-state index is 0.302. The summed E-state index contributed by atoms with van der Waals surface area (Å²) in [5.41, 5.74) is 5.40. The summed E-state index contributed by atoms with van der Waals surface area (Å²) in [5.74, 6) is 0.302. The summed E-state index contributed by atoms with van der Waals surface area (Å²) >= 11 is 0. The third-order valence-corrected chi connectivity index (χ3v) is 3.07. The van der Waals surface area contributed by atoms with Crippen LogP contribution in [0.1, 0.15) is 32.6 Å². The van der Waals surface area contributed by atoms with Gasteiger partial charge in [-0.25, -0.2) is 0 Å². The highest BCUT2D eigenvalue weighted by atomic mass is 16.4. The lowest BCUT2D eigenvalue weighted by Crippen LogP contribution is -2.43. The third-order valence-electron chi connectivity index (χ3n) is 3.07. The first-order chi connectivity index (χ1) is 7.76. The largest absolute Gasteiger partial charge is 0.409 e. The highest BCUT2D eigenvalue weighted by Gasteiger charge is 2.17. The van der Waals surface area contributed by atoms with E-state index >= 15 is 0 Å². The van der Waals surface area contributed by atoms with Gasteiger partial charge in [0.05, 0.1) is 0 Å². The standard InChI is InChI=1S/C11H24N4O/c1-2-7-15-8-4-10(5-9-15)13-6-3-11(12)14-16/h10,13,16H,2-9H2,1H3,(H2,12,14). The van der Waals surface area contributed by atoms with Gasteiger partial charge < -0.3 is 21.2 Å². The maximum absolute atomic E-state index is 8.39. The Morgan fingerprint density at radius 1 is 1.50 bits per heavy atom. The third kappa shape index (κ3) is 4.81. The van der Waals surface area contributed by atoms with Crippen molar-refractivity contribution in [2.75, 3.05) is 26.2 Å². The Balaban J connectivity index is 2.08. The molecule has 4 N–H and O–H groups in total. The van der Waals surface area contributed by atoms with Gasteiger partial charge in [0, 0.05) is 19.0 Å². The van der Waals surface area contributed by atoms with E-state index < -0.39 is 0 Å². The number of rotatable bonds is 6. The summed E-state index contributed by atoms with van der Waals surface area (Å²) < 4.78 is 0. The maximum atomic E-state index is 8.39. The van der Waals surface area contributed by atoms with Crippen molar-refractivity contribution in [3.8, 4) is 0 Å². The molecule has 5 nitrogen and oxygen atoms in total. The molecule has 5 heteroatoms. The highest BCUT2D eigenvalue weighted by Crippen LogP contribution is 2.10. The zero-order chi connectivity index (χ0) is 11.8. The lowest BCUT2D eigenvalue weighted by Gasteiger charge is -2.32. The van der Waals surface area contributed by atoms with Gasteiger partial charge in [-0.15, -0.1) is 0 Å². The Labute approximate surface area is 97.7 Å². The van der Waals surface area contributed by atoms with Crippen molar-refractivity contribution >= 4 is 5.84 Å². The monoisotopic (exact) mass is 228 g/mol. The minimum Gasteiger partial charge on any atom is -0.409 e. The highest BCUT2D eigenvalue weighted by molar-refractivity contribution is 5.79. The van der Waals surface area contributed by atoms with Crippen LogP contribution in [0, 0.1) is 0 Å². The second-order valence-electron chi connectivity index (χ2n) is 4.41. The fourth-order valence-corrected chi connectivity index (χ4v) is 2.13. The van der Waals surface area contributed by atoms with Crippen LogP contribution in [0.15, 0.2) is 5.16 Å². The summed E-state index contributed by atoms with van der Waals surface area (Å²) in [6.07, 6.45) is 4.26. The van der Waals surface area contributed by atoms with E-state index in [1.54, 1.807) is 0 Å². The van der Waals surface area contributed by atoms with E-state index in [4.69, 9.17) is 10.9 Å². The predicted octanol–water partition coefficient (Wildman–Crippen LogP) is 0.587. The molecule has 1 heterocycles. The van der Waals surface area contributed by atoms with E-state index in [0.29, 0.717) is 18.3 Å². The summed E-state index contributed by atoms with van der Waals surface area (Å²) in [6.45, 7) is 6.62. The van der Waals surface area contributed by atoms with Crippen molar-refractivity contribution < 1.29 is 5.21 Å². The summed E-state index contributed by atoms with van der Waals surface area (Å²) in [6, 6.07) is 0.597. The normalized spacial score (nSPS) is 20.2. The average Bonchev–Trinajstić information content (AvgIpc) is 2.31. The minimum atomic E-state index is 0.302. The van der Waals surface area contributed by atoms with Crippen molar-refractivity contribution in [1.82, 2.24) is 10.2 Å². The molecule has 0 saturated carbocycles. The van der Waals surface area contributed by atoms with E-state index in [-0.39, 0.29) is 0 Å². The number of nitrogens with one attached hydrogen (secondary N) is 1. The molecule has 1 saturated heterocycles. The molecule has 0 aromatic heterocycles. The van der Waals surface area contributed by atoms with Crippen LogP contribution < -0.4 is 11.1 Å². The number of likely N-dealkylation sites (tertiary alicyclic amines) is 1. The number of amidine groups is 1.